The summed E-state index contributed by atoms with van der Waals surface area (Å²) in [4.78, 5) is 14.4. The molecule has 0 saturated carbocycles. The molecule has 1 saturated heterocycles. The van der Waals surface area contributed by atoms with Crippen molar-refractivity contribution in [2.75, 3.05) is 13.1 Å². The molecule has 110 valence electrons. The van der Waals surface area contributed by atoms with Gasteiger partial charge >= 0.3 is 0 Å². The molecule has 1 amide bonds. The van der Waals surface area contributed by atoms with Crippen LogP contribution in [0.1, 0.15) is 32.3 Å². The Morgan fingerprint density at radius 2 is 1.95 bits per heavy atom. The van der Waals surface area contributed by atoms with Crippen LogP contribution in [0.2, 0.25) is 5.02 Å². The van der Waals surface area contributed by atoms with E-state index in [9.17, 15) is 4.79 Å². The Labute approximate surface area is 130 Å². The number of amides is 1. The highest BCUT2D eigenvalue weighted by atomic mass is 35.5. The third kappa shape index (κ3) is 4.42. The number of likely N-dealkylation sites (tertiary alicyclic amines) is 1. The fraction of sp³-hybridized carbons (Fsp3) is 0.562. The third-order valence-corrected chi connectivity index (χ3v) is 5.31. The lowest BCUT2D eigenvalue weighted by molar-refractivity contribution is -0.131. The predicted molar refractivity (Wildman–Crippen MR) is 87.2 cm³/mol. The number of piperidine rings is 1. The van der Waals surface area contributed by atoms with Crippen molar-refractivity contribution < 1.29 is 4.79 Å². The second-order valence-electron chi connectivity index (χ2n) is 5.59. The minimum Gasteiger partial charge on any atom is -0.342 e. The van der Waals surface area contributed by atoms with Gasteiger partial charge in [-0.1, -0.05) is 30.7 Å². The second-order valence-corrected chi connectivity index (χ2v) is 7.35. The first-order valence-electron chi connectivity index (χ1n) is 7.21. The first kappa shape index (κ1) is 15.7. The van der Waals surface area contributed by atoms with Gasteiger partial charge in [-0.3, -0.25) is 4.79 Å². The quantitative estimate of drug-likeness (QED) is 0.829. The van der Waals surface area contributed by atoms with E-state index in [2.05, 4.69) is 6.92 Å². The van der Waals surface area contributed by atoms with Crippen LogP contribution in [0, 0.1) is 5.92 Å². The SMILES string of the molecule is CC1CCN(C(=O)C(C)SCc2ccc(Cl)cc2)CC1. The molecule has 1 aliphatic heterocycles. The Hall–Kier alpha value is -0.670. The minimum absolute atomic E-state index is 0.0269. The number of halogens is 1. The van der Waals surface area contributed by atoms with E-state index < -0.39 is 0 Å². The van der Waals surface area contributed by atoms with Crippen molar-refractivity contribution in [2.45, 2.75) is 37.7 Å². The Bertz CT molecular complexity index is 440. The molecule has 1 fully saturated rings. The van der Waals surface area contributed by atoms with Crippen molar-refractivity contribution in [1.82, 2.24) is 4.90 Å². The molecule has 0 spiro atoms. The van der Waals surface area contributed by atoms with E-state index in [-0.39, 0.29) is 11.2 Å². The minimum atomic E-state index is 0.0269. The Morgan fingerprint density at radius 3 is 2.55 bits per heavy atom. The maximum absolute atomic E-state index is 12.4. The summed E-state index contributed by atoms with van der Waals surface area (Å²) < 4.78 is 0. The van der Waals surface area contributed by atoms with Crippen molar-refractivity contribution in [3.63, 3.8) is 0 Å². The summed E-state index contributed by atoms with van der Waals surface area (Å²) in [5, 5.41) is 0.782. The average Bonchev–Trinajstić information content (AvgIpc) is 2.46. The van der Waals surface area contributed by atoms with Gasteiger partial charge in [0.05, 0.1) is 5.25 Å². The van der Waals surface area contributed by atoms with Gasteiger partial charge in [-0.25, -0.2) is 0 Å². The number of thioether (sulfide) groups is 1. The smallest absolute Gasteiger partial charge is 0.235 e. The van der Waals surface area contributed by atoms with Gasteiger partial charge in [-0.15, -0.1) is 11.8 Å². The van der Waals surface area contributed by atoms with Crippen LogP contribution in [-0.4, -0.2) is 29.1 Å². The first-order valence-corrected chi connectivity index (χ1v) is 8.64. The largest absolute Gasteiger partial charge is 0.342 e. The number of benzene rings is 1. The molecule has 2 nitrogen and oxygen atoms in total. The van der Waals surface area contributed by atoms with Crippen LogP contribution in [0.4, 0.5) is 0 Å². The predicted octanol–water partition coefficient (Wildman–Crippen LogP) is 4.22. The molecule has 0 bridgehead atoms. The highest BCUT2D eigenvalue weighted by Crippen LogP contribution is 2.23. The number of rotatable bonds is 4. The molecule has 0 aliphatic carbocycles. The highest BCUT2D eigenvalue weighted by molar-refractivity contribution is 7.99. The molecule has 1 aromatic rings. The number of nitrogens with zero attached hydrogens (tertiary/aromatic N) is 1. The van der Waals surface area contributed by atoms with Gasteiger partial charge in [0.25, 0.3) is 0 Å². The molecule has 1 unspecified atom stereocenters. The van der Waals surface area contributed by atoms with Crippen LogP contribution in [0.3, 0.4) is 0 Å². The zero-order chi connectivity index (χ0) is 14.5. The van der Waals surface area contributed by atoms with Crippen LogP contribution in [0.15, 0.2) is 24.3 Å². The standard InChI is InChI=1S/C16H22ClNOS/c1-12-7-9-18(10-8-12)16(19)13(2)20-11-14-3-5-15(17)6-4-14/h3-6,12-13H,7-11H2,1-2H3. The molecule has 1 heterocycles. The molecule has 4 heteroatoms. The summed E-state index contributed by atoms with van der Waals surface area (Å²) in [7, 11) is 0. The van der Waals surface area contributed by atoms with Crippen LogP contribution < -0.4 is 0 Å². The van der Waals surface area contributed by atoms with Gasteiger partial charge in [-0.05, 0) is 43.4 Å². The van der Waals surface area contributed by atoms with Gasteiger partial charge in [0.1, 0.15) is 0 Å². The van der Waals surface area contributed by atoms with Crippen molar-refractivity contribution in [3.05, 3.63) is 34.9 Å². The Morgan fingerprint density at radius 1 is 1.35 bits per heavy atom. The maximum Gasteiger partial charge on any atom is 0.235 e. The van der Waals surface area contributed by atoms with Crippen molar-refractivity contribution in [2.24, 2.45) is 5.92 Å². The lowest BCUT2D eigenvalue weighted by Crippen LogP contribution is -2.41. The first-order chi connectivity index (χ1) is 9.56. The van der Waals surface area contributed by atoms with Crippen LogP contribution in [-0.2, 0) is 10.5 Å². The lowest BCUT2D eigenvalue weighted by Gasteiger charge is -2.32. The summed E-state index contributed by atoms with van der Waals surface area (Å²) in [6.45, 7) is 6.12. The maximum atomic E-state index is 12.4. The van der Waals surface area contributed by atoms with E-state index in [4.69, 9.17) is 11.6 Å². The zero-order valence-corrected chi connectivity index (χ0v) is 13.7. The summed E-state index contributed by atoms with van der Waals surface area (Å²) in [5.41, 5.74) is 1.21. The van der Waals surface area contributed by atoms with E-state index >= 15 is 0 Å². The van der Waals surface area contributed by atoms with Crippen LogP contribution in [0.5, 0.6) is 0 Å². The Balaban J connectivity index is 1.80. The van der Waals surface area contributed by atoms with Crippen molar-refractivity contribution in [1.29, 1.82) is 0 Å². The van der Waals surface area contributed by atoms with Gasteiger partial charge < -0.3 is 4.90 Å². The molecular weight excluding hydrogens is 290 g/mol. The van der Waals surface area contributed by atoms with Crippen LogP contribution >= 0.6 is 23.4 Å². The van der Waals surface area contributed by atoms with E-state index in [1.807, 2.05) is 36.1 Å². The van der Waals surface area contributed by atoms with Crippen LogP contribution in [0.25, 0.3) is 0 Å². The molecule has 2 rings (SSSR count). The topological polar surface area (TPSA) is 20.3 Å². The molecular formula is C16H22ClNOS. The van der Waals surface area contributed by atoms with E-state index in [0.717, 1.165) is 42.6 Å². The molecule has 1 atom stereocenters. The van der Waals surface area contributed by atoms with Crippen molar-refractivity contribution in [3.8, 4) is 0 Å². The fourth-order valence-electron chi connectivity index (χ4n) is 2.36. The summed E-state index contributed by atoms with van der Waals surface area (Å²) >= 11 is 7.57. The molecule has 0 radical (unpaired) electrons. The van der Waals surface area contributed by atoms with E-state index in [0.29, 0.717) is 0 Å². The molecule has 0 aromatic heterocycles. The molecule has 0 N–H and O–H groups in total. The fourth-order valence-corrected chi connectivity index (χ4v) is 3.41. The van der Waals surface area contributed by atoms with Gasteiger partial charge in [0.15, 0.2) is 0 Å². The Kier molecular flexibility index (Phi) is 5.79. The average molecular weight is 312 g/mol. The van der Waals surface area contributed by atoms with Gasteiger partial charge in [0, 0.05) is 23.9 Å². The lowest BCUT2D eigenvalue weighted by atomic mass is 9.99. The van der Waals surface area contributed by atoms with E-state index in [1.54, 1.807) is 11.8 Å². The molecule has 1 aromatic carbocycles. The summed E-state index contributed by atoms with van der Waals surface area (Å²) in [5.74, 6) is 1.90. The summed E-state index contributed by atoms with van der Waals surface area (Å²) in [6, 6.07) is 7.84. The zero-order valence-electron chi connectivity index (χ0n) is 12.1. The molecule has 1 aliphatic rings. The van der Waals surface area contributed by atoms with Crippen molar-refractivity contribution >= 4 is 29.3 Å². The second kappa shape index (κ2) is 7.37. The molecule has 20 heavy (non-hydrogen) atoms. The summed E-state index contributed by atoms with van der Waals surface area (Å²) in [6.07, 6.45) is 2.28. The number of hydrogen-bond donors (Lipinski definition) is 0. The number of hydrogen-bond acceptors (Lipinski definition) is 2. The normalized spacial score (nSPS) is 18.1. The van der Waals surface area contributed by atoms with Gasteiger partial charge in [-0.2, -0.15) is 0 Å². The van der Waals surface area contributed by atoms with Gasteiger partial charge in [0.2, 0.25) is 5.91 Å². The highest BCUT2D eigenvalue weighted by Gasteiger charge is 2.24. The van der Waals surface area contributed by atoms with E-state index in [1.165, 1.54) is 5.56 Å². The third-order valence-electron chi connectivity index (χ3n) is 3.86. The monoisotopic (exact) mass is 311 g/mol. The number of carbonyl (C=O) groups is 1. The number of carbonyl (C=O) groups excluding carboxylic acids is 1.